The van der Waals surface area contributed by atoms with Crippen molar-refractivity contribution in [2.45, 2.75) is 44.5 Å². The number of sulfone groups is 1. The zero-order valence-corrected chi connectivity index (χ0v) is 11.8. The third-order valence-electron chi connectivity index (χ3n) is 1.87. The average molecular weight is 370 g/mol. The molecule has 96 valence electrons. The van der Waals surface area contributed by atoms with E-state index in [0.717, 1.165) is 25.7 Å². The fourth-order valence-corrected chi connectivity index (χ4v) is 2.99. The Labute approximate surface area is 107 Å². The molecule has 0 saturated heterocycles. The van der Waals surface area contributed by atoms with Crippen LogP contribution in [0.15, 0.2) is 8.99 Å². The maximum atomic E-state index is 12.0. The quantitative estimate of drug-likeness (QED) is 0.520. The van der Waals surface area contributed by atoms with Crippen LogP contribution in [0.4, 0.5) is 13.2 Å². The Balaban J connectivity index is 4.33. The van der Waals surface area contributed by atoms with Crippen molar-refractivity contribution in [2.24, 2.45) is 0 Å². The molecule has 0 rings (SSSR count). The van der Waals surface area contributed by atoms with Gasteiger partial charge in [-0.25, -0.2) is 8.42 Å². The van der Waals surface area contributed by atoms with Crippen molar-refractivity contribution in [3.63, 3.8) is 0 Å². The molecular formula is C9H14F3IO2S. The Morgan fingerprint density at radius 3 is 2.25 bits per heavy atom. The number of halogens is 4. The lowest BCUT2D eigenvalue weighted by Crippen LogP contribution is -2.20. The van der Waals surface area contributed by atoms with Crippen LogP contribution >= 0.6 is 22.6 Å². The van der Waals surface area contributed by atoms with Crippen molar-refractivity contribution in [3.8, 4) is 0 Å². The first-order chi connectivity index (χ1) is 7.20. The van der Waals surface area contributed by atoms with E-state index < -0.39 is 15.3 Å². The van der Waals surface area contributed by atoms with Crippen LogP contribution in [0, 0.1) is 0 Å². The number of alkyl halides is 3. The number of rotatable bonds is 6. The van der Waals surface area contributed by atoms with Gasteiger partial charge in [0.1, 0.15) is 0 Å². The third kappa shape index (κ3) is 6.07. The highest BCUT2D eigenvalue weighted by Gasteiger charge is 2.44. The maximum absolute atomic E-state index is 12.0. The molecule has 0 amide bonds. The SMILES string of the molecule is CCCCCC/C(I)=C/S(=O)(=O)C(F)(F)F. The van der Waals surface area contributed by atoms with Crippen molar-refractivity contribution in [2.75, 3.05) is 0 Å². The summed E-state index contributed by atoms with van der Waals surface area (Å²) in [6.45, 7) is 2.02. The summed E-state index contributed by atoms with van der Waals surface area (Å²) in [4.78, 5) is 0. The predicted molar refractivity (Wildman–Crippen MR) is 65.8 cm³/mol. The van der Waals surface area contributed by atoms with Gasteiger partial charge in [-0.1, -0.05) is 26.2 Å². The van der Waals surface area contributed by atoms with E-state index in [9.17, 15) is 21.6 Å². The normalized spacial score (nSPS) is 14.2. The van der Waals surface area contributed by atoms with Crippen LogP contribution in [0.5, 0.6) is 0 Å². The molecular weight excluding hydrogens is 356 g/mol. The Hall–Kier alpha value is 0.210. The minimum atomic E-state index is -5.19. The van der Waals surface area contributed by atoms with E-state index in [0.29, 0.717) is 11.8 Å². The monoisotopic (exact) mass is 370 g/mol. The molecule has 0 N–H and O–H groups in total. The summed E-state index contributed by atoms with van der Waals surface area (Å²) in [6, 6.07) is 0. The fourth-order valence-electron chi connectivity index (χ4n) is 1.01. The molecule has 0 aromatic carbocycles. The molecule has 0 atom stereocenters. The van der Waals surface area contributed by atoms with Gasteiger partial charge in [0, 0.05) is 8.99 Å². The Morgan fingerprint density at radius 2 is 1.81 bits per heavy atom. The van der Waals surface area contributed by atoms with Gasteiger partial charge in [0.2, 0.25) is 0 Å². The van der Waals surface area contributed by atoms with Gasteiger partial charge in [0.25, 0.3) is 9.84 Å². The highest BCUT2D eigenvalue weighted by atomic mass is 127. The molecule has 7 heteroatoms. The summed E-state index contributed by atoms with van der Waals surface area (Å²) in [7, 11) is -5.11. The molecule has 0 radical (unpaired) electrons. The lowest BCUT2D eigenvalue weighted by molar-refractivity contribution is -0.0423. The average Bonchev–Trinajstić information content (AvgIpc) is 2.10. The number of hydrogen-bond donors (Lipinski definition) is 0. The smallest absolute Gasteiger partial charge is 0.215 e. The highest BCUT2D eigenvalue weighted by Crippen LogP contribution is 2.28. The Kier molecular flexibility index (Phi) is 6.92. The first-order valence-corrected chi connectivity index (χ1v) is 7.50. The van der Waals surface area contributed by atoms with Gasteiger partial charge >= 0.3 is 5.51 Å². The van der Waals surface area contributed by atoms with Crippen LogP contribution in [-0.2, 0) is 9.84 Å². The summed E-state index contributed by atoms with van der Waals surface area (Å²) >= 11 is 1.64. The lowest BCUT2D eigenvalue weighted by Gasteiger charge is -2.04. The van der Waals surface area contributed by atoms with Crippen LogP contribution in [0.2, 0.25) is 0 Å². The third-order valence-corrected chi connectivity index (χ3v) is 4.39. The van der Waals surface area contributed by atoms with E-state index in [2.05, 4.69) is 0 Å². The molecule has 0 aliphatic heterocycles. The van der Waals surface area contributed by atoms with Gasteiger partial charge in [-0.2, -0.15) is 13.2 Å². The Morgan fingerprint density at radius 1 is 1.25 bits per heavy atom. The second-order valence-corrected chi connectivity index (χ2v) is 6.54. The predicted octanol–water partition coefficient (Wildman–Crippen LogP) is 4.17. The van der Waals surface area contributed by atoms with Gasteiger partial charge in [-0.3, -0.25) is 0 Å². The molecule has 0 bridgehead atoms. The summed E-state index contributed by atoms with van der Waals surface area (Å²) in [5.41, 5.74) is -5.19. The standard InChI is InChI=1S/C9H14F3IO2S/c1-2-3-4-5-6-8(13)7-16(14,15)9(10,11)12/h7H,2-6H2,1H3/b8-7-. The van der Waals surface area contributed by atoms with Crippen molar-refractivity contribution in [3.05, 3.63) is 8.99 Å². The van der Waals surface area contributed by atoms with Crippen molar-refractivity contribution < 1.29 is 21.6 Å². The van der Waals surface area contributed by atoms with Crippen LogP contribution < -0.4 is 0 Å². The molecule has 0 unspecified atom stereocenters. The van der Waals surface area contributed by atoms with Crippen molar-refractivity contribution >= 4 is 32.4 Å². The van der Waals surface area contributed by atoms with Gasteiger partial charge < -0.3 is 0 Å². The molecule has 0 fully saturated rings. The van der Waals surface area contributed by atoms with Crippen molar-refractivity contribution in [1.82, 2.24) is 0 Å². The first kappa shape index (κ1) is 16.2. The van der Waals surface area contributed by atoms with E-state index in [1.165, 1.54) is 0 Å². The molecule has 0 spiro atoms. The molecule has 2 nitrogen and oxygen atoms in total. The van der Waals surface area contributed by atoms with E-state index >= 15 is 0 Å². The first-order valence-electron chi connectivity index (χ1n) is 4.88. The van der Waals surface area contributed by atoms with Crippen molar-refractivity contribution in [1.29, 1.82) is 0 Å². The summed E-state index contributed by atoms with van der Waals surface area (Å²) in [5.74, 6) is 0. The molecule has 0 saturated carbocycles. The Bertz CT molecular complexity index is 333. The zero-order valence-electron chi connectivity index (χ0n) is 8.85. The minimum Gasteiger partial charge on any atom is -0.215 e. The molecule has 0 aromatic rings. The topological polar surface area (TPSA) is 34.1 Å². The molecule has 0 heterocycles. The van der Waals surface area contributed by atoms with Gasteiger partial charge in [0.05, 0.1) is 0 Å². The minimum absolute atomic E-state index is 0.228. The lowest BCUT2D eigenvalue weighted by atomic mass is 10.2. The van der Waals surface area contributed by atoms with E-state index in [1.807, 2.05) is 6.92 Å². The van der Waals surface area contributed by atoms with Crippen LogP contribution in [0.3, 0.4) is 0 Å². The van der Waals surface area contributed by atoms with Crippen LogP contribution in [0.25, 0.3) is 0 Å². The fraction of sp³-hybridized carbons (Fsp3) is 0.778. The van der Waals surface area contributed by atoms with Gasteiger partial charge in [0.15, 0.2) is 0 Å². The van der Waals surface area contributed by atoms with Gasteiger partial charge in [-0.15, -0.1) is 0 Å². The molecule has 0 aromatic heterocycles. The van der Waals surface area contributed by atoms with E-state index in [4.69, 9.17) is 0 Å². The maximum Gasteiger partial charge on any atom is 0.501 e. The molecule has 0 aliphatic carbocycles. The van der Waals surface area contributed by atoms with E-state index in [-0.39, 0.29) is 3.58 Å². The highest BCUT2D eigenvalue weighted by molar-refractivity contribution is 14.1. The number of unbranched alkanes of at least 4 members (excludes halogenated alkanes) is 3. The largest absolute Gasteiger partial charge is 0.501 e. The second kappa shape index (κ2) is 6.83. The molecule has 16 heavy (non-hydrogen) atoms. The van der Waals surface area contributed by atoms with Crippen LogP contribution in [-0.4, -0.2) is 13.9 Å². The molecule has 0 aliphatic rings. The summed E-state index contributed by atoms with van der Waals surface area (Å²) in [5, 5.41) is 0.319. The number of allylic oxidation sites excluding steroid dienone is 1. The number of hydrogen-bond acceptors (Lipinski definition) is 2. The van der Waals surface area contributed by atoms with Crippen LogP contribution in [0.1, 0.15) is 39.0 Å². The zero-order chi connectivity index (χ0) is 12.8. The van der Waals surface area contributed by atoms with E-state index in [1.54, 1.807) is 22.6 Å². The summed E-state index contributed by atoms with van der Waals surface area (Å²) < 4.78 is 57.7. The summed E-state index contributed by atoms with van der Waals surface area (Å²) in [6.07, 6.45) is 4.05. The van der Waals surface area contributed by atoms with Gasteiger partial charge in [-0.05, 0) is 35.4 Å². The second-order valence-electron chi connectivity index (χ2n) is 3.37.